The third-order valence-electron chi connectivity index (χ3n) is 19.5. The zero-order valence-electron chi connectivity index (χ0n) is 35.1. The lowest BCUT2D eigenvalue weighted by Crippen LogP contribution is -2.73. The van der Waals surface area contributed by atoms with Gasteiger partial charge in [0.25, 0.3) is 0 Å². The molecule has 0 aliphatic heterocycles. The van der Waals surface area contributed by atoms with Crippen molar-refractivity contribution >= 4 is 5.78 Å². The van der Waals surface area contributed by atoms with Crippen molar-refractivity contribution in [1.82, 2.24) is 9.55 Å². The van der Waals surface area contributed by atoms with Crippen LogP contribution in [0.25, 0.3) is 0 Å². The van der Waals surface area contributed by atoms with E-state index >= 15 is 4.79 Å². The molecule has 1 aromatic rings. The zero-order valence-corrected chi connectivity index (χ0v) is 35.1. The Labute approximate surface area is 340 Å². The highest BCUT2D eigenvalue weighted by atomic mass is 16.5. The number of ether oxygens (including phenoxy) is 1. The van der Waals surface area contributed by atoms with Gasteiger partial charge in [0, 0.05) is 49.6 Å². The number of hydrogen-bond acceptors (Lipinski definition) is 8. The second-order valence-corrected chi connectivity index (χ2v) is 21.7. The van der Waals surface area contributed by atoms with Gasteiger partial charge in [-0.05, 0) is 147 Å². The van der Waals surface area contributed by atoms with Gasteiger partial charge in [-0.15, -0.1) is 5.92 Å². The van der Waals surface area contributed by atoms with Crippen molar-refractivity contribution in [2.75, 3.05) is 20.3 Å². The monoisotopic (exact) mass is 787 g/mol. The zero-order chi connectivity index (χ0) is 40.2. The number of imidazole rings is 1. The van der Waals surface area contributed by atoms with E-state index in [1.165, 1.54) is 5.57 Å². The Hall–Kier alpha value is -2.06. The molecule has 9 aliphatic rings. The molecule has 1 heterocycles. The molecule has 9 heteroatoms. The molecule has 1 aromatic heterocycles. The Bertz CT molecular complexity index is 1820. The molecule has 0 radical (unpaired) electrons. The lowest BCUT2D eigenvalue weighted by molar-refractivity contribution is -0.263. The number of aryl methyl sites for hydroxylation is 1. The van der Waals surface area contributed by atoms with E-state index < -0.39 is 58.1 Å². The summed E-state index contributed by atoms with van der Waals surface area (Å²) < 4.78 is 7.56. The lowest BCUT2D eigenvalue weighted by atomic mass is 9.29. The Morgan fingerprint density at radius 1 is 0.982 bits per heavy atom. The van der Waals surface area contributed by atoms with Crippen LogP contribution in [0.5, 0.6) is 0 Å². The second kappa shape index (κ2) is 14.0. The van der Waals surface area contributed by atoms with Crippen LogP contribution >= 0.6 is 0 Å². The molecule has 57 heavy (non-hydrogen) atoms. The van der Waals surface area contributed by atoms with Crippen LogP contribution in [-0.2, 0) is 22.5 Å². The van der Waals surface area contributed by atoms with Crippen LogP contribution in [0, 0.1) is 73.4 Å². The van der Waals surface area contributed by atoms with Crippen LogP contribution in [0.15, 0.2) is 24.2 Å². The predicted octanol–water partition coefficient (Wildman–Crippen LogP) is 6.18. The van der Waals surface area contributed by atoms with E-state index in [1.54, 1.807) is 7.11 Å². The third kappa shape index (κ3) is 5.41. The van der Waals surface area contributed by atoms with Gasteiger partial charge in [-0.3, -0.25) is 4.79 Å². The fourth-order valence-electron chi connectivity index (χ4n) is 17.3. The normalized spacial score (nSPS) is 47.5. The number of carbonyl (C=O) groups excluding carboxylic acids is 1. The van der Waals surface area contributed by atoms with Crippen LogP contribution in [0.2, 0.25) is 0 Å². The summed E-state index contributed by atoms with van der Waals surface area (Å²) in [6.45, 7) is 7.86. The first-order valence-electron chi connectivity index (χ1n) is 22.8. The van der Waals surface area contributed by atoms with E-state index in [1.807, 2.05) is 13.3 Å². The quantitative estimate of drug-likeness (QED) is 0.155. The minimum absolute atomic E-state index is 0.0113. The number of allylic oxidation sites excluding steroid dienone is 2. The molecule has 0 aromatic carbocycles. The number of methoxy groups -OCH3 is 1. The summed E-state index contributed by atoms with van der Waals surface area (Å²) in [6, 6.07) is 0. The summed E-state index contributed by atoms with van der Waals surface area (Å²) in [5.41, 5.74) is -1.25. The molecular weight excluding hydrogens is 717 g/mol. The van der Waals surface area contributed by atoms with E-state index in [2.05, 4.69) is 42.5 Å². The second-order valence-electron chi connectivity index (χ2n) is 21.7. The molecule has 314 valence electrons. The largest absolute Gasteiger partial charge is 0.394 e. The van der Waals surface area contributed by atoms with E-state index in [0.29, 0.717) is 25.9 Å². The predicted molar refractivity (Wildman–Crippen MR) is 216 cm³/mol. The molecule has 0 saturated heterocycles. The number of carbonyl (C=O) groups is 1. The van der Waals surface area contributed by atoms with Gasteiger partial charge >= 0.3 is 0 Å². The highest BCUT2D eigenvalue weighted by molar-refractivity contribution is 5.96. The maximum absolute atomic E-state index is 15.8. The van der Waals surface area contributed by atoms with Gasteiger partial charge in [-0.25, -0.2) is 4.98 Å². The molecule has 14 atom stereocenters. The summed E-state index contributed by atoms with van der Waals surface area (Å²) in [4.78, 5) is 20.6. The SMILES string of the molecule is COCCCc1cn(C[C@H]2CC[C@]34CC[C@H](O)[C@@](C)([C@H](O)CO)[C@H]3CC[C@]3(C2)[C@@H]4C(=O)C=C2[C@H]4C[C@@]5(C)CCC#C[C@H](O)[C@]4([C@@H](O)C[C@]23C)C2(CCCC2)C5)cn1. The Morgan fingerprint density at radius 2 is 1.75 bits per heavy atom. The van der Waals surface area contributed by atoms with E-state index in [9.17, 15) is 25.5 Å². The van der Waals surface area contributed by atoms with Gasteiger partial charge in [-0.2, -0.15) is 0 Å². The molecule has 4 bridgehead atoms. The smallest absolute Gasteiger partial charge is 0.159 e. The first kappa shape index (κ1) is 40.4. The summed E-state index contributed by atoms with van der Waals surface area (Å²) >= 11 is 0. The maximum atomic E-state index is 15.8. The molecule has 3 spiro atoms. The number of aliphatic hydroxyl groups excluding tert-OH is 5. The minimum Gasteiger partial charge on any atom is -0.394 e. The van der Waals surface area contributed by atoms with Crippen molar-refractivity contribution < 1.29 is 35.1 Å². The number of aromatic nitrogens is 2. The summed E-state index contributed by atoms with van der Waals surface area (Å²) in [5, 5.41) is 59.6. The number of hydrogen-bond donors (Lipinski definition) is 5. The van der Waals surface area contributed by atoms with Crippen molar-refractivity contribution in [2.24, 2.45) is 61.6 Å². The average Bonchev–Trinajstić information content (AvgIpc) is 3.83. The van der Waals surface area contributed by atoms with E-state index in [4.69, 9.17) is 9.72 Å². The highest BCUT2D eigenvalue weighted by Gasteiger charge is 2.78. The Balaban J connectivity index is 1.21. The van der Waals surface area contributed by atoms with Crippen molar-refractivity contribution in [3.8, 4) is 11.8 Å². The molecule has 9 aliphatic carbocycles. The van der Waals surface area contributed by atoms with Gasteiger partial charge in [0.05, 0.1) is 36.9 Å². The molecule has 6 fully saturated rings. The fraction of sp³-hybridized carbons (Fsp3) is 0.833. The molecule has 6 saturated carbocycles. The van der Waals surface area contributed by atoms with Crippen molar-refractivity contribution in [2.45, 2.75) is 167 Å². The number of ketones is 1. The molecule has 0 unspecified atom stereocenters. The van der Waals surface area contributed by atoms with Gasteiger partial charge in [-0.1, -0.05) is 45.1 Å². The summed E-state index contributed by atoms with van der Waals surface area (Å²) in [5.74, 6) is 6.50. The maximum Gasteiger partial charge on any atom is 0.159 e. The number of aliphatic hydroxyl groups is 5. The van der Waals surface area contributed by atoms with Crippen molar-refractivity contribution in [1.29, 1.82) is 0 Å². The standard InChI is InChI=1S/C48H70N2O7/c1-42-15-6-5-11-38(54)48(45(29-42)16-7-8-17-45)34(24-42)33-22-35(52)41-46-18-12-31(26-50-27-32(49-30-50)10-9-21-57-4)23-47(41,43(33,2)25-39(48)55)20-13-36(46)44(3,40(56)28-51)37(53)14-19-46/h22,27,30-31,34,36-41,51,53-56H,6-10,12-21,23-26,28-29H2,1-4H3/t31-,34+,36+,37-,38-,39-,40+,41+,42+,43+,44-,46-,47-,48+/m0/s1. The minimum atomic E-state index is -1.10. The number of rotatable bonds is 8. The van der Waals surface area contributed by atoms with Gasteiger partial charge in [0.15, 0.2) is 5.78 Å². The number of nitrogens with zero attached hydrogens (tertiary/aromatic N) is 2. The van der Waals surface area contributed by atoms with Crippen LogP contribution in [0.4, 0.5) is 0 Å². The van der Waals surface area contributed by atoms with Crippen molar-refractivity contribution in [3.63, 3.8) is 0 Å². The summed E-state index contributed by atoms with van der Waals surface area (Å²) in [7, 11) is 1.73. The lowest BCUT2D eigenvalue weighted by Gasteiger charge is -2.74. The van der Waals surface area contributed by atoms with Gasteiger partial charge in [0.2, 0.25) is 0 Å². The van der Waals surface area contributed by atoms with Gasteiger partial charge in [0.1, 0.15) is 6.10 Å². The van der Waals surface area contributed by atoms with Crippen LogP contribution < -0.4 is 0 Å². The Morgan fingerprint density at radius 3 is 2.51 bits per heavy atom. The molecule has 9 nitrogen and oxygen atoms in total. The average molecular weight is 787 g/mol. The van der Waals surface area contributed by atoms with E-state index in [0.717, 1.165) is 109 Å². The third-order valence-corrected chi connectivity index (χ3v) is 19.5. The van der Waals surface area contributed by atoms with E-state index in [-0.39, 0.29) is 40.3 Å². The number of fused-ring (bicyclic) bond motifs is 4. The first-order valence-corrected chi connectivity index (χ1v) is 22.8. The van der Waals surface area contributed by atoms with Crippen LogP contribution in [0.1, 0.15) is 136 Å². The first-order chi connectivity index (χ1) is 27.2. The Kier molecular flexibility index (Phi) is 9.91. The highest BCUT2D eigenvalue weighted by Crippen LogP contribution is 2.81. The topological polar surface area (TPSA) is 145 Å². The molecular formula is C48H70N2O7. The molecule has 5 N–H and O–H groups in total. The summed E-state index contributed by atoms with van der Waals surface area (Å²) in [6.07, 6.45) is 17.8. The van der Waals surface area contributed by atoms with Crippen LogP contribution in [0.3, 0.4) is 0 Å². The van der Waals surface area contributed by atoms with Crippen molar-refractivity contribution in [3.05, 3.63) is 29.9 Å². The molecule has 0 amide bonds. The fourth-order valence-corrected chi connectivity index (χ4v) is 17.3. The van der Waals surface area contributed by atoms with Gasteiger partial charge < -0.3 is 34.8 Å². The van der Waals surface area contributed by atoms with Crippen LogP contribution in [-0.4, -0.2) is 85.6 Å². The molecule has 10 rings (SSSR count).